The highest BCUT2D eigenvalue weighted by molar-refractivity contribution is 6.40. The number of amides is 2. The van der Waals surface area contributed by atoms with Crippen LogP contribution >= 0.6 is 0 Å². The number of carboxylic acids is 1. The summed E-state index contributed by atoms with van der Waals surface area (Å²) in [5.74, 6) is -2.11. The van der Waals surface area contributed by atoms with Crippen LogP contribution in [0.3, 0.4) is 0 Å². The van der Waals surface area contributed by atoms with Gasteiger partial charge in [-0.05, 0) is 18.1 Å². The number of carbonyl (C=O) groups is 3. The number of hydrazone groups is 1. The molecule has 0 aliphatic carbocycles. The first-order valence-electron chi connectivity index (χ1n) is 7.39. The fraction of sp³-hybridized carbons (Fsp3) is 0.375. The second-order valence-electron chi connectivity index (χ2n) is 5.62. The lowest BCUT2D eigenvalue weighted by atomic mass is 10.0. The van der Waals surface area contributed by atoms with Crippen LogP contribution < -0.4 is 10.3 Å². The largest absolute Gasteiger partial charge is 0.480 e. The van der Waals surface area contributed by atoms with Crippen molar-refractivity contribution in [2.45, 2.75) is 32.7 Å². The lowest BCUT2D eigenvalue weighted by molar-refractivity contribution is -0.142. The van der Waals surface area contributed by atoms with Gasteiger partial charge >= 0.3 is 5.97 Å². The molecule has 1 unspecified atom stereocenters. The van der Waals surface area contributed by atoms with Crippen molar-refractivity contribution in [3.63, 3.8) is 0 Å². The van der Waals surface area contributed by atoms with Gasteiger partial charge in [-0.15, -0.1) is 0 Å². The Morgan fingerprint density at radius 3 is 2.43 bits per heavy atom. The number of hydrogen-bond acceptors (Lipinski definition) is 4. The Kier molecular flexibility index (Phi) is 5.10. The molecule has 23 heavy (non-hydrogen) atoms. The first kappa shape index (κ1) is 16.7. The van der Waals surface area contributed by atoms with Crippen LogP contribution in [0.25, 0.3) is 0 Å². The maximum Gasteiger partial charge on any atom is 0.326 e. The van der Waals surface area contributed by atoms with Crippen LogP contribution in [-0.2, 0) is 14.4 Å². The zero-order valence-corrected chi connectivity index (χ0v) is 13.0. The molecule has 7 heteroatoms. The number of benzene rings is 1. The second-order valence-corrected chi connectivity index (χ2v) is 5.62. The Hall–Kier alpha value is -2.70. The summed E-state index contributed by atoms with van der Waals surface area (Å²) in [5, 5.41) is 16.9. The van der Waals surface area contributed by atoms with Crippen molar-refractivity contribution in [1.29, 1.82) is 0 Å². The maximum absolute atomic E-state index is 12.3. The van der Waals surface area contributed by atoms with Gasteiger partial charge in [0.05, 0.1) is 5.69 Å². The lowest BCUT2D eigenvalue weighted by Gasteiger charge is -2.24. The SMILES string of the molecule is CC(C)C(NC(=O)C1=NN(c2ccccc2)C(=O)CC1)C(=O)O. The minimum absolute atomic E-state index is 0.153. The average molecular weight is 317 g/mol. The minimum Gasteiger partial charge on any atom is -0.480 e. The third kappa shape index (κ3) is 3.94. The smallest absolute Gasteiger partial charge is 0.326 e. The van der Waals surface area contributed by atoms with Gasteiger partial charge in [-0.3, -0.25) is 9.59 Å². The van der Waals surface area contributed by atoms with Gasteiger partial charge in [0.15, 0.2) is 0 Å². The number of nitrogens with zero attached hydrogens (tertiary/aromatic N) is 2. The molecule has 0 spiro atoms. The molecular weight excluding hydrogens is 298 g/mol. The molecule has 0 fully saturated rings. The Balaban J connectivity index is 2.20. The van der Waals surface area contributed by atoms with E-state index in [0.717, 1.165) is 0 Å². The molecule has 7 nitrogen and oxygen atoms in total. The number of carboxylic acid groups (broad SMARTS) is 1. The van der Waals surface area contributed by atoms with E-state index in [9.17, 15) is 14.4 Å². The molecule has 2 rings (SSSR count). The quantitative estimate of drug-likeness (QED) is 0.857. The van der Waals surface area contributed by atoms with Crippen LogP contribution in [0.15, 0.2) is 35.4 Å². The predicted molar refractivity (Wildman–Crippen MR) is 85.0 cm³/mol. The summed E-state index contributed by atoms with van der Waals surface area (Å²) >= 11 is 0. The van der Waals surface area contributed by atoms with Crippen molar-refractivity contribution in [2.75, 3.05) is 5.01 Å². The summed E-state index contributed by atoms with van der Waals surface area (Å²) in [5.41, 5.74) is 0.724. The van der Waals surface area contributed by atoms with Gasteiger partial charge in [-0.2, -0.15) is 5.10 Å². The summed E-state index contributed by atoms with van der Waals surface area (Å²) in [6, 6.07) is 7.80. The van der Waals surface area contributed by atoms with Gasteiger partial charge in [0, 0.05) is 12.8 Å². The van der Waals surface area contributed by atoms with E-state index in [0.29, 0.717) is 5.69 Å². The van der Waals surface area contributed by atoms with Gasteiger partial charge in [0.2, 0.25) is 5.91 Å². The first-order valence-corrected chi connectivity index (χ1v) is 7.39. The molecule has 0 radical (unpaired) electrons. The van der Waals surface area contributed by atoms with Gasteiger partial charge in [0.25, 0.3) is 5.91 Å². The van der Waals surface area contributed by atoms with E-state index in [1.807, 2.05) is 6.07 Å². The number of anilines is 1. The average Bonchev–Trinajstić information content (AvgIpc) is 2.53. The van der Waals surface area contributed by atoms with Crippen LogP contribution in [-0.4, -0.2) is 34.6 Å². The van der Waals surface area contributed by atoms with Crippen LogP contribution in [0.5, 0.6) is 0 Å². The number of nitrogens with one attached hydrogen (secondary N) is 1. The summed E-state index contributed by atoms with van der Waals surface area (Å²) in [6.07, 6.45) is 0.346. The zero-order chi connectivity index (χ0) is 17.0. The molecule has 1 atom stereocenters. The highest BCUT2D eigenvalue weighted by Crippen LogP contribution is 2.19. The summed E-state index contributed by atoms with van der Waals surface area (Å²) < 4.78 is 0. The highest BCUT2D eigenvalue weighted by atomic mass is 16.4. The summed E-state index contributed by atoms with van der Waals surface area (Å²) in [7, 11) is 0. The predicted octanol–water partition coefficient (Wildman–Crippen LogP) is 1.39. The fourth-order valence-corrected chi connectivity index (χ4v) is 2.23. The van der Waals surface area contributed by atoms with Crippen LogP contribution in [0.1, 0.15) is 26.7 Å². The van der Waals surface area contributed by atoms with E-state index in [4.69, 9.17) is 5.11 Å². The van der Waals surface area contributed by atoms with Gasteiger partial charge in [-0.1, -0.05) is 32.0 Å². The second kappa shape index (κ2) is 7.04. The molecule has 122 valence electrons. The summed E-state index contributed by atoms with van der Waals surface area (Å²) in [4.78, 5) is 35.4. The molecule has 2 N–H and O–H groups in total. The Bertz CT molecular complexity index is 640. The number of aliphatic carboxylic acids is 1. The van der Waals surface area contributed by atoms with Crippen molar-refractivity contribution < 1.29 is 19.5 Å². The molecule has 0 bridgehead atoms. The molecule has 1 aromatic carbocycles. The van der Waals surface area contributed by atoms with Crippen LogP contribution in [0, 0.1) is 5.92 Å². The first-order chi connectivity index (χ1) is 10.9. The Morgan fingerprint density at radius 1 is 1.22 bits per heavy atom. The normalized spacial score (nSPS) is 16.0. The van der Waals surface area contributed by atoms with Crippen molar-refractivity contribution in [2.24, 2.45) is 11.0 Å². The fourth-order valence-electron chi connectivity index (χ4n) is 2.23. The van der Waals surface area contributed by atoms with Crippen molar-refractivity contribution in [3.05, 3.63) is 30.3 Å². The van der Waals surface area contributed by atoms with Crippen molar-refractivity contribution in [1.82, 2.24) is 5.32 Å². The van der Waals surface area contributed by atoms with E-state index in [1.54, 1.807) is 38.1 Å². The summed E-state index contributed by atoms with van der Waals surface area (Å²) in [6.45, 7) is 3.42. The molecular formula is C16H19N3O4. The van der Waals surface area contributed by atoms with Crippen molar-refractivity contribution >= 4 is 29.2 Å². The molecule has 0 aromatic heterocycles. The minimum atomic E-state index is -1.10. The van der Waals surface area contributed by atoms with Gasteiger partial charge in [-0.25, -0.2) is 9.80 Å². The third-order valence-corrected chi connectivity index (χ3v) is 3.51. The zero-order valence-electron chi connectivity index (χ0n) is 13.0. The molecule has 0 saturated carbocycles. The maximum atomic E-state index is 12.3. The van der Waals surface area contributed by atoms with Crippen LogP contribution in [0.2, 0.25) is 0 Å². The number of rotatable bonds is 5. The van der Waals surface area contributed by atoms with E-state index in [-0.39, 0.29) is 30.4 Å². The van der Waals surface area contributed by atoms with E-state index in [2.05, 4.69) is 10.4 Å². The van der Waals surface area contributed by atoms with Crippen molar-refractivity contribution in [3.8, 4) is 0 Å². The van der Waals surface area contributed by atoms with Gasteiger partial charge in [0.1, 0.15) is 11.8 Å². The van der Waals surface area contributed by atoms with E-state index >= 15 is 0 Å². The Labute approximate surface area is 134 Å². The molecule has 1 aliphatic heterocycles. The highest BCUT2D eigenvalue weighted by Gasteiger charge is 2.29. The molecule has 2 amide bonds. The van der Waals surface area contributed by atoms with E-state index < -0.39 is 17.9 Å². The molecule has 1 aliphatic rings. The molecule has 1 aromatic rings. The topological polar surface area (TPSA) is 99.1 Å². The van der Waals surface area contributed by atoms with E-state index in [1.165, 1.54) is 5.01 Å². The Morgan fingerprint density at radius 2 is 1.87 bits per heavy atom. The lowest BCUT2D eigenvalue weighted by Crippen LogP contribution is -2.48. The number of para-hydroxylation sites is 1. The van der Waals surface area contributed by atoms with Gasteiger partial charge < -0.3 is 10.4 Å². The molecule has 0 saturated heterocycles. The standard InChI is InChI=1S/C16H19N3O4/c1-10(2)14(16(22)23)17-15(21)12-8-9-13(20)19(18-12)11-6-4-3-5-7-11/h3-7,10,14H,8-9H2,1-2H3,(H,17,21)(H,22,23). The number of hydrogen-bond donors (Lipinski definition) is 2. The number of carbonyl (C=O) groups excluding carboxylic acids is 2. The monoisotopic (exact) mass is 317 g/mol. The molecule has 1 heterocycles. The van der Waals surface area contributed by atoms with Crippen LogP contribution in [0.4, 0.5) is 5.69 Å². The third-order valence-electron chi connectivity index (χ3n) is 3.51.